The average Bonchev–Trinajstić information content (AvgIpc) is 2.54. The standard InChI is InChI=1S/C18H21ClO4/c1-3-5-9-22-17-15(20)13-8-7-12(19)11-14(13)16(21)18(17)23-10-6-4-2/h7-8,11H,3-6,9-10H2,1-2H3. The van der Waals surface area contributed by atoms with Crippen LogP contribution in [0.1, 0.15) is 60.2 Å². The minimum atomic E-state index is -0.343. The predicted molar refractivity (Wildman–Crippen MR) is 88.9 cm³/mol. The van der Waals surface area contributed by atoms with Gasteiger partial charge in [0.2, 0.25) is 23.1 Å². The molecule has 1 aromatic rings. The Morgan fingerprint density at radius 2 is 1.39 bits per heavy atom. The van der Waals surface area contributed by atoms with Crippen molar-refractivity contribution in [1.29, 1.82) is 0 Å². The van der Waals surface area contributed by atoms with Crippen LogP contribution in [0, 0.1) is 0 Å². The van der Waals surface area contributed by atoms with Gasteiger partial charge in [-0.2, -0.15) is 0 Å². The maximum Gasteiger partial charge on any atom is 0.232 e. The third kappa shape index (κ3) is 3.94. The van der Waals surface area contributed by atoms with Crippen LogP contribution in [-0.2, 0) is 9.47 Å². The summed E-state index contributed by atoms with van der Waals surface area (Å²) in [6.07, 6.45) is 3.48. The van der Waals surface area contributed by atoms with Gasteiger partial charge in [-0.15, -0.1) is 0 Å². The van der Waals surface area contributed by atoms with E-state index in [1.54, 1.807) is 12.1 Å². The number of benzene rings is 1. The summed E-state index contributed by atoms with van der Waals surface area (Å²) in [5.41, 5.74) is 0.588. The summed E-state index contributed by atoms with van der Waals surface area (Å²) in [6.45, 7) is 4.82. The number of unbranched alkanes of at least 4 members (excludes halogenated alkanes) is 2. The van der Waals surface area contributed by atoms with Crippen molar-refractivity contribution in [2.45, 2.75) is 39.5 Å². The molecule has 0 aliphatic heterocycles. The Bertz CT molecular complexity index is 634. The lowest BCUT2D eigenvalue weighted by atomic mass is 9.92. The second-order valence-corrected chi connectivity index (χ2v) is 5.85. The van der Waals surface area contributed by atoms with Gasteiger partial charge in [-0.3, -0.25) is 9.59 Å². The number of carbonyl (C=O) groups is 2. The zero-order valence-electron chi connectivity index (χ0n) is 13.5. The number of rotatable bonds is 8. The van der Waals surface area contributed by atoms with Gasteiger partial charge in [0.15, 0.2) is 0 Å². The Labute approximate surface area is 141 Å². The number of ether oxygens (including phenoxy) is 2. The third-order valence-electron chi connectivity index (χ3n) is 3.58. The van der Waals surface area contributed by atoms with Crippen LogP contribution < -0.4 is 0 Å². The van der Waals surface area contributed by atoms with Crippen LogP contribution >= 0.6 is 11.6 Å². The topological polar surface area (TPSA) is 52.6 Å². The molecule has 0 unspecified atom stereocenters. The molecule has 4 nitrogen and oxygen atoms in total. The van der Waals surface area contributed by atoms with Gasteiger partial charge in [-0.25, -0.2) is 0 Å². The lowest BCUT2D eigenvalue weighted by Crippen LogP contribution is -2.25. The summed E-state index contributed by atoms with van der Waals surface area (Å²) < 4.78 is 11.2. The SMILES string of the molecule is CCCCOC1=C(OCCCC)C(=O)c2cc(Cl)ccc2C1=O. The fourth-order valence-electron chi connectivity index (χ4n) is 2.25. The van der Waals surface area contributed by atoms with Gasteiger partial charge < -0.3 is 9.47 Å². The van der Waals surface area contributed by atoms with Crippen LogP contribution in [-0.4, -0.2) is 24.8 Å². The van der Waals surface area contributed by atoms with Gasteiger partial charge >= 0.3 is 0 Å². The zero-order valence-corrected chi connectivity index (χ0v) is 14.2. The Morgan fingerprint density at radius 3 is 1.91 bits per heavy atom. The number of carbonyl (C=O) groups excluding carboxylic acids is 2. The fourth-order valence-corrected chi connectivity index (χ4v) is 2.42. The van der Waals surface area contributed by atoms with Gasteiger partial charge in [-0.05, 0) is 31.0 Å². The first-order valence-electron chi connectivity index (χ1n) is 7.99. The highest BCUT2D eigenvalue weighted by atomic mass is 35.5. The van der Waals surface area contributed by atoms with Crippen LogP contribution in [0.4, 0.5) is 0 Å². The zero-order chi connectivity index (χ0) is 16.8. The molecule has 23 heavy (non-hydrogen) atoms. The van der Waals surface area contributed by atoms with Gasteiger partial charge in [0.25, 0.3) is 0 Å². The van der Waals surface area contributed by atoms with Gasteiger partial charge in [0, 0.05) is 16.1 Å². The molecule has 2 rings (SSSR count). The Kier molecular flexibility index (Phi) is 6.22. The first-order valence-corrected chi connectivity index (χ1v) is 8.36. The van der Waals surface area contributed by atoms with Gasteiger partial charge in [0.05, 0.1) is 13.2 Å². The molecule has 1 aliphatic rings. The van der Waals surface area contributed by atoms with E-state index in [1.165, 1.54) is 6.07 Å². The third-order valence-corrected chi connectivity index (χ3v) is 3.81. The maximum atomic E-state index is 12.7. The molecule has 0 amide bonds. The van der Waals surface area contributed by atoms with Crippen molar-refractivity contribution in [3.05, 3.63) is 45.9 Å². The van der Waals surface area contributed by atoms with Crippen molar-refractivity contribution in [3.8, 4) is 0 Å². The quantitative estimate of drug-likeness (QED) is 0.653. The Hall–Kier alpha value is -1.81. The minimum Gasteiger partial charge on any atom is -0.486 e. The highest BCUT2D eigenvalue weighted by molar-refractivity contribution is 6.32. The molecule has 0 fully saturated rings. The smallest absolute Gasteiger partial charge is 0.232 e. The minimum absolute atomic E-state index is 0.00863. The highest BCUT2D eigenvalue weighted by Crippen LogP contribution is 2.30. The Balaban J connectivity index is 2.36. The second-order valence-electron chi connectivity index (χ2n) is 5.41. The molecule has 0 saturated heterocycles. The van der Waals surface area contributed by atoms with Crippen molar-refractivity contribution in [2.75, 3.05) is 13.2 Å². The van der Waals surface area contributed by atoms with Crippen molar-refractivity contribution in [2.24, 2.45) is 0 Å². The van der Waals surface area contributed by atoms with E-state index >= 15 is 0 Å². The van der Waals surface area contributed by atoms with Crippen LogP contribution in [0.2, 0.25) is 5.02 Å². The molecule has 0 heterocycles. The number of allylic oxidation sites excluding steroid dienone is 2. The van der Waals surface area contributed by atoms with Crippen LogP contribution in [0.15, 0.2) is 29.7 Å². The fraction of sp³-hybridized carbons (Fsp3) is 0.444. The molecule has 0 saturated carbocycles. The van der Waals surface area contributed by atoms with Gasteiger partial charge in [0.1, 0.15) is 0 Å². The summed E-state index contributed by atoms with van der Waals surface area (Å²) in [6, 6.07) is 4.66. The first-order chi connectivity index (χ1) is 11.1. The van der Waals surface area contributed by atoms with Crippen LogP contribution in [0.3, 0.4) is 0 Å². The molecule has 0 bridgehead atoms. The van der Waals surface area contributed by atoms with E-state index in [0.717, 1.165) is 25.7 Å². The molecule has 0 aromatic heterocycles. The van der Waals surface area contributed by atoms with Gasteiger partial charge in [-0.1, -0.05) is 38.3 Å². The molecule has 0 atom stereocenters. The summed E-state index contributed by atoms with van der Waals surface area (Å²) in [4.78, 5) is 25.3. The first kappa shape index (κ1) is 17.5. The number of hydrogen-bond donors (Lipinski definition) is 0. The van der Waals surface area contributed by atoms with Crippen LogP contribution in [0.25, 0.3) is 0 Å². The number of Topliss-reactive ketones (excluding diaryl/α,β-unsaturated/α-hetero) is 2. The van der Waals surface area contributed by atoms with E-state index in [0.29, 0.717) is 23.8 Å². The average molecular weight is 337 g/mol. The number of ketones is 2. The van der Waals surface area contributed by atoms with E-state index < -0.39 is 0 Å². The van der Waals surface area contributed by atoms with E-state index in [-0.39, 0.29) is 28.6 Å². The molecule has 124 valence electrons. The molecular weight excluding hydrogens is 316 g/mol. The Morgan fingerprint density at radius 1 is 0.870 bits per heavy atom. The molecule has 1 aliphatic carbocycles. The lowest BCUT2D eigenvalue weighted by Gasteiger charge is -2.21. The largest absolute Gasteiger partial charge is 0.486 e. The molecule has 0 radical (unpaired) electrons. The molecule has 5 heteroatoms. The summed E-state index contributed by atoms with van der Waals surface area (Å²) in [5.74, 6) is -0.632. The lowest BCUT2D eigenvalue weighted by molar-refractivity contribution is 0.0746. The van der Waals surface area contributed by atoms with Crippen molar-refractivity contribution in [1.82, 2.24) is 0 Å². The maximum absolute atomic E-state index is 12.7. The molecular formula is C18H21ClO4. The second kappa shape index (κ2) is 8.16. The van der Waals surface area contributed by atoms with E-state index in [1.807, 2.05) is 13.8 Å². The van der Waals surface area contributed by atoms with E-state index in [4.69, 9.17) is 21.1 Å². The molecule has 0 spiro atoms. The highest BCUT2D eigenvalue weighted by Gasteiger charge is 2.35. The molecule has 1 aromatic carbocycles. The van der Waals surface area contributed by atoms with E-state index in [9.17, 15) is 9.59 Å². The predicted octanol–water partition coefficient (Wildman–Crippen LogP) is 4.56. The van der Waals surface area contributed by atoms with Crippen molar-refractivity contribution < 1.29 is 19.1 Å². The van der Waals surface area contributed by atoms with Crippen molar-refractivity contribution in [3.63, 3.8) is 0 Å². The summed E-state index contributed by atoms with van der Waals surface area (Å²) in [7, 11) is 0. The summed E-state index contributed by atoms with van der Waals surface area (Å²) >= 11 is 5.95. The van der Waals surface area contributed by atoms with Crippen molar-refractivity contribution >= 4 is 23.2 Å². The normalized spacial score (nSPS) is 14.0. The number of halogens is 1. The van der Waals surface area contributed by atoms with Crippen LogP contribution in [0.5, 0.6) is 0 Å². The number of hydrogen-bond acceptors (Lipinski definition) is 4. The number of fused-ring (bicyclic) bond motifs is 1. The molecule has 0 N–H and O–H groups in total. The van der Waals surface area contributed by atoms with E-state index in [2.05, 4.69) is 0 Å². The monoisotopic (exact) mass is 336 g/mol. The summed E-state index contributed by atoms with van der Waals surface area (Å²) in [5, 5.41) is 0.410.